The molecule has 2 N–H and O–H groups in total. The molecule has 0 aromatic heterocycles. The minimum atomic E-state index is -3.48. The number of esters is 1. The Kier molecular flexibility index (Phi) is 6.46. The maximum absolute atomic E-state index is 12.0. The second-order valence-electron chi connectivity index (χ2n) is 5.22. The zero-order chi connectivity index (χ0) is 19.2. The number of urea groups is 1. The summed E-state index contributed by atoms with van der Waals surface area (Å²) in [6.07, 6.45) is 4.11. The lowest BCUT2D eigenvalue weighted by Gasteiger charge is -2.26. The predicted molar refractivity (Wildman–Crippen MR) is 89.5 cm³/mol. The van der Waals surface area contributed by atoms with E-state index in [4.69, 9.17) is 9.47 Å². The van der Waals surface area contributed by atoms with Crippen LogP contribution in [0.4, 0.5) is 4.79 Å². The van der Waals surface area contributed by atoms with E-state index in [1.54, 1.807) is 0 Å². The number of sulfonamides is 1. The third-order valence-corrected chi connectivity index (χ3v) is 4.40. The third-order valence-electron chi connectivity index (χ3n) is 3.24. The lowest BCUT2D eigenvalue weighted by Crippen LogP contribution is -2.42. The van der Waals surface area contributed by atoms with E-state index in [2.05, 4.69) is 9.71 Å². The average Bonchev–Trinajstić information content (AvgIpc) is 2.58. The predicted octanol–water partition coefficient (Wildman–Crippen LogP) is -1.50. The van der Waals surface area contributed by atoms with Crippen LogP contribution in [0.25, 0.3) is 0 Å². The molecule has 0 fully saturated rings. The highest BCUT2D eigenvalue weighted by Gasteiger charge is 2.25. The number of fused-ring (bicyclic) bond motifs is 1. The van der Waals surface area contributed by atoms with Gasteiger partial charge in [0.25, 0.3) is 15.9 Å². The molecule has 0 spiro atoms. The summed E-state index contributed by atoms with van der Waals surface area (Å²) in [5, 5.41) is 4.37. The van der Waals surface area contributed by atoms with Crippen LogP contribution in [-0.2, 0) is 29.1 Å². The number of hydrogen-bond donors (Lipinski definition) is 2. The highest BCUT2D eigenvalue weighted by molar-refractivity contribution is 7.90. The largest absolute Gasteiger partial charge is 0.452 e. The number of imide groups is 1. The number of ether oxygens (including phenoxy) is 2. The Bertz CT molecular complexity index is 785. The van der Waals surface area contributed by atoms with Crippen molar-refractivity contribution in [1.29, 1.82) is 0 Å². The topological polar surface area (TPSA) is 143 Å². The first-order valence-corrected chi connectivity index (χ1v) is 9.14. The van der Waals surface area contributed by atoms with Crippen molar-refractivity contribution in [3.8, 4) is 0 Å². The fourth-order valence-corrected chi connectivity index (χ4v) is 2.98. The van der Waals surface area contributed by atoms with Crippen LogP contribution in [0.5, 0.6) is 0 Å². The van der Waals surface area contributed by atoms with Crippen molar-refractivity contribution >= 4 is 33.8 Å². The van der Waals surface area contributed by atoms with Crippen LogP contribution in [0.15, 0.2) is 28.3 Å². The Morgan fingerprint density at radius 1 is 1.31 bits per heavy atom. The Morgan fingerprint density at radius 2 is 2.08 bits per heavy atom. The molecule has 2 heterocycles. The van der Waals surface area contributed by atoms with Crippen molar-refractivity contribution < 1.29 is 32.3 Å². The van der Waals surface area contributed by atoms with Gasteiger partial charge in [-0.15, -0.1) is 4.40 Å². The molecule has 0 radical (unpaired) electrons. The summed E-state index contributed by atoms with van der Waals surface area (Å²) in [7, 11) is -2.01. The van der Waals surface area contributed by atoms with Crippen molar-refractivity contribution in [1.82, 2.24) is 15.5 Å². The molecule has 0 aliphatic carbocycles. The third kappa shape index (κ3) is 5.67. The van der Waals surface area contributed by atoms with Gasteiger partial charge in [-0.2, -0.15) is 0 Å². The van der Waals surface area contributed by atoms with Crippen LogP contribution in [0.1, 0.15) is 0 Å². The van der Waals surface area contributed by atoms with Gasteiger partial charge in [-0.05, 0) is 12.2 Å². The molecule has 12 heteroatoms. The summed E-state index contributed by atoms with van der Waals surface area (Å²) in [5.74, 6) is -1.54. The van der Waals surface area contributed by atoms with Gasteiger partial charge in [0.05, 0.1) is 17.9 Å². The summed E-state index contributed by atoms with van der Waals surface area (Å²) in [4.78, 5) is 36.4. The zero-order valence-electron chi connectivity index (χ0n) is 13.9. The SMILES string of the molecule is COCCNC(=O)NC(=O)COC(=O)C1=CN2CCS(=O)(=O)N=C2C=C1. The Morgan fingerprint density at radius 3 is 2.81 bits per heavy atom. The van der Waals surface area contributed by atoms with Crippen LogP contribution in [0.2, 0.25) is 0 Å². The van der Waals surface area contributed by atoms with E-state index in [1.165, 1.54) is 30.4 Å². The number of methoxy groups -OCH3 is 1. The second-order valence-corrected chi connectivity index (χ2v) is 6.97. The van der Waals surface area contributed by atoms with E-state index in [1.807, 2.05) is 5.32 Å². The van der Waals surface area contributed by atoms with Crippen molar-refractivity contribution in [3.05, 3.63) is 23.9 Å². The van der Waals surface area contributed by atoms with Crippen molar-refractivity contribution in [2.75, 3.05) is 39.2 Å². The van der Waals surface area contributed by atoms with Crippen LogP contribution < -0.4 is 10.6 Å². The lowest BCUT2D eigenvalue weighted by atomic mass is 10.2. The number of amidine groups is 1. The summed E-state index contributed by atoms with van der Waals surface area (Å²) in [5.41, 5.74) is 0.126. The van der Waals surface area contributed by atoms with Gasteiger partial charge in [-0.1, -0.05) is 0 Å². The average molecular weight is 386 g/mol. The van der Waals surface area contributed by atoms with Gasteiger partial charge in [0.2, 0.25) is 0 Å². The quantitative estimate of drug-likeness (QED) is 0.415. The van der Waals surface area contributed by atoms with Gasteiger partial charge < -0.3 is 19.7 Å². The molecule has 3 amide bonds. The maximum atomic E-state index is 12.0. The van der Waals surface area contributed by atoms with Gasteiger partial charge in [0.1, 0.15) is 5.84 Å². The van der Waals surface area contributed by atoms with Crippen molar-refractivity contribution in [2.24, 2.45) is 4.40 Å². The van der Waals surface area contributed by atoms with Crippen molar-refractivity contribution in [2.45, 2.75) is 0 Å². The fraction of sp³-hybridized carbons (Fsp3) is 0.429. The molecule has 26 heavy (non-hydrogen) atoms. The highest BCUT2D eigenvalue weighted by atomic mass is 32.2. The molecule has 0 atom stereocenters. The summed E-state index contributed by atoms with van der Waals surface area (Å²) >= 11 is 0. The molecule has 0 saturated carbocycles. The molecular weight excluding hydrogens is 368 g/mol. The smallest absolute Gasteiger partial charge is 0.340 e. The van der Waals surface area contributed by atoms with E-state index in [-0.39, 0.29) is 30.3 Å². The first-order valence-electron chi connectivity index (χ1n) is 7.53. The number of nitrogens with zero attached hydrogens (tertiary/aromatic N) is 2. The summed E-state index contributed by atoms with van der Waals surface area (Å²) in [6.45, 7) is 0.0319. The number of amides is 3. The minimum absolute atomic E-state index is 0.126. The molecular formula is C14H18N4O7S. The van der Waals surface area contributed by atoms with E-state index in [0.717, 1.165) is 0 Å². The minimum Gasteiger partial charge on any atom is -0.452 e. The summed E-state index contributed by atoms with van der Waals surface area (Å²) < 4.78 is 36.0. The molecule has 0 aromatic carbocycles. The van der Waals surface area contributed by atoms with E-state index in [9.17, 15) is 22.8 Å². The molecule has 0 saturated heterocycles. The normalized spacial score (nSPS) is 17.5. The molecule has 142 valence electrons. The van der Waals surface area contributed by atoms with Gasteiger partial charge in [0.15, 0.2) is 6.61 Å². The molecule has 0 aromatic rings. The second kappa shape index (κ2) is 8.58. The monoisotopic (exact) mass is 386 g/mol. The molecule has 0 unspecified atom stereocenters. The summed E-state index contributed by atoms with van der Waals surface area (Å²) in [6, 6.07) is -0.727. The van der Waals surface area contributed by atoms with E-state index in [0.29, 0.717) is 6.61 Å². The van der Waals surface area contributed by atoms with Crippen LogP contribution >= 0.6 is 0 Å². The first kappa shape index (κ1) is 19.6. The number of hydrogen-bond acceptors (Lipinski definition) is 8. The molecule has 2 aliphatic heterocycles. The van der Waals surface area contributed by atoms with E-state index < -0.39 is 34.5 Å². The van der Waals surface area contributed by atoms with Crippen LogP contribution in [-0.4, -0.2) is 76.2 Å². The number of nitrogens with one attached hydrogen (secondary N) is 2. The molecule has 0 bridgehead atoms. The van der Waals surface area contributed by atoms with Gasteiger partial charge >= 0.3 is 12.0 Å². The van der Waals surface area contributed by atoms with Gasteiger partial charge in [-0.3, -0.25) is 10.1 Å². The maximum Gasteiger partial charge on any atom is 0.340 e. The lowest BCUT2D eigenvalue weighted by molar-refractivity contribution is -0.144. The highest BCUT2D eigenvalue weighted by Crippen LogP contribution is 2.16. The Hall–Kier alpha value is -2.73. The first-order chi connectivity index (χ1) is 12.3. The number of carbonyl (C=O) groups excluding carboxylic acids is 3. The molecule has 2 aliphatic rings. The van der Waals surface area contributed by atoms with Crippen LogP contribution in [0.3, 0.4) is 0 Å². The number of carbonyl (C=O) groups is 3. The van der Waals surface area contributed by atoms with E-state index >= 15 is 0 Å². The van der Waals surface area contributed by atoms with Crippen LogP contribution in [0, 0.1) is 0 Å². The van der Waals surface area contributed by atoms with Gasteiger partial charge in [0, 0.05) is 26.4 Å². The fourth-order valence-electron chi connectivity index (χ4n) is 2.01. The Balaban J connectivity index is 1.82. The molecule has 2 rings (SSSR count). The Labute approximate surface area is 149 Å². The zero-order valence-corrected chi connectivity index (χ0v) is 14.7. The standard InChI is InChI=1S/C14H18N4O7S/c1-24-6-4-15-14(21)16-12(19)9-25-13(20)10-2-3-11-17-26(22,23)7-5-18(11)8-10/h2-3,8H,4-7,9H2,1H3,(H2,15,16,19,21). The van der Waals surface area contributed by atoms with Crippen molar-refractivity contribution in [3.63, 3.8) is 0 Å². The number of rotatable bonds is 6. The van der Waals surface area contributed by atoms with Gasteiger partial charge in [-0.25, -0.2) is 18.0 Å². The molecule has 11 nitrogen and oxygen atoms in total.